The second kappa shape index (κ2) is 7.69. The Morgan fingerprint density at radius 2 is 1.81 bits per heavy atom. The highest BCUT2D eigenvalue weighted by atomic mass is 35.5. The first-order valence-electron chi connectivity index (χ1n) is 7.71. The fourth-order valence-corrected chi connectivity index (χ4v) is 5.76. The molecule has 0 bridgehead atoms. The second-order valence-electron chi connectivity index (χ2n) is 5.67. The molecule has 3 rings (SSSR count). The van der Waals surface area contributed by atoms with E-state index in [1.54, 1.807) is 11.0 Å². The smallest absolute Gasteiger partial charge is 0.322 e. The Morgan fingerprint density at radius 1 is 1.19 bits per heavy atom. The van der Waals surface area contributed by atoms with Crippen LogP contribution in [-0.2, 0) is 10.0 Å². The minimum atomic E-state index is -3.83. The molecule has 7 nitrogen and oxygen atoms in total. The van der Waals surface area contributed by atoms with Crippen LogP contribution in [0, 0.1) is 6.92 Å². The number of nitrogens with zero attached hydrogens (tertiary/aromatic N) is 3. The van der Waals surface area contributed by atoms with Crippen LogP contribution in [0.5, 0.6) is 0 Å². The standard InChI is InChI=1S/C15H16Cl2N4O3S2/c1-10-9-25-14(18-10)19-15(22)20-5-7-21(8-6-20)26(23,24)13-11(16)3-2-4-12(13)17/h2-4,9H,5-8H2,1H3,(H,18,19,22). The summed E-state index contributed by atoms with van der Waals surface area (Å²) in [5, 5.41) is 5.24. The molecular weight excluding hydrogens is 419 g/mol. The molecule has 2 heterocycles. The number of hydrogen-bond donors (Lipinski definition) is 1. The van der Waals surface area contributed by atoms with Gasteiger partial charge in [-0.3, -0.25) is 5.32 Å². The molecule has 0 radical (unpaired) electrons. The Morgan fingerprint density at radius 3 is 2.35 bits per heavy atom. The minimum absolute atomic E-state index is 0.0804. The number of urea groups is 1. The number of nitrogens with one attached hydrogen (secondary N) is 1. The van der Waals surface area contributed by atoms with Crippen LogP contribution in [0.2, 0.25) is 10.0 Å². The maximum Gasteiger partial charge on any atom is 0.323 e. The van der Waals surface area contributed by atoms with E-state index in [2.05, 4.69) is 10.3 Å². The predicted octanol–water partition coefficient (Wildman–Crippen LogP) is 3.30. The summed E-state index contributed by atoms with van der Waals surface area (Å²) >= 11 is 13.4. The van der Waals surface area contributed by atoms with Gasteiger partial charge in [0.05, 0.1) is 15.7 Å². The number of thiazole rings is 1. The summed E-state index contributed by atoms with van der Waals surface area (Å²) in [6, 6.07) is 4.26. The van der Waals surface area contributed by atoms with E-state index < -0.39 is 10.0 Å². The highest BCUT2D eigenvalue weighted by molar-refractivity contribution is 7.89. The average Bonchev–Trinajstić information content (AvgIpc) is 2.99. The molecule has 2 aromatic rings. The van der Waals surface area contributed by atoms with Crippen LogP contribution in [0.4, 0.5) is 9.93 Å². The van der Waals surface area contributed by atoms with Crippen molar-refractivity contribution in [3.05, 3.63) is 39.3 Å². The van der Waals surface area contributed by atoms with Crippen molar-refractivity contribution in [1.82, 2.24) is 14.2 Å². The lowest BCUT2D eigenvalue weighted by Gasteiger charge is -2.34. The summed E-state index contributed by atoms with van der Waals surface area (Å²) in [6.07, 6.45) is 0. The molecule has 0 unspecified atom stereocenters. The van der Waals surface area contributed by atoms with E-state index in [0.29, 0.717) is 5.13 Å². The molecule has 26 heavy (non-hydrogen) atoms. The van der Waals surface area contributed by atoms with Crippen molar-refractivity contribution >= 4 is 55.7 Å². The summed E-state index contributed by atoms with van der Waals surface area (Å²) in [5.41, 5.74) is 0.831. The SMILES string of the molecule is Cc1csc(NC(=O)N2CCN(S(=O)(=O)c3c(Cl)cccc3Cl)CC2)n1. The van der Waals surface area contributed by atoms with Gasteiger partial charge in [-0.15, -0.1) is 11.3 Å². The number of aryl methyl sites for hydroxylation is 1. The van der Waals surface area contributed by atoms with Crippen LogP contribution < -0.4 is 5.32 Å². The van der Waals surface area contributed by atoms with Gasteiger partial charge in [0.25, 0.3) is 0 Å². The van der Waals surface area contributed by atoms with Crippen molar-refractivity contribution in [3.63, 3.8) is 0 Å². The Labute approximate surface area is 165 Å². The summed E-state index contributed by atoms with van der Waals surface area (Å²) in [5.74, 6) is 0. The van der Waals surface area contributed by atoms with Gasteiger partial charge in [-0.05, 0) is 19.1 Å². The van der Waals surface area contributed by atoms with E-state index >= 15 is 0 Å². The topological polar surface area (TPSA) is 82.6 Å². The van der Waals surface area contributed by atoms with Gasteiger partial charge >= 0.3 is 6.03 Å². The number of hydrogen-bond acceptors (Lipinski definition) is 5. The number of sulfonamides is 1. The van der Waals surface area contributed by atoms with Crippen LogP contribution in [0.3, 0.4) is 0 Å². The van der Waals surface area contributed by atoms with Gasteiger partial charge in [0.15, 0.2) is 5.13 Å². The van der Waals surface area contributed by atoms with Crippen LogP contribution >= 0.6 is 34.5 Å². The second-order valence-corrected chi connectivity index (χ2v) is 9.21. The number of carbonyl (C=O) groups excluding carboxylic acids is 1. The van der Waals surface area contributed by atoms with Gasteiger partial charge < -0.3 is 4.90 Å². The van der Waals surface area contributed by atoms with E-state index in [1.807, 2.05) is 12.3 Å². The zero-order valence-electron chi connectivity index (χ0n) is 13.8. The Bertz CT molecular complexity index is 904. The third-order valence-electron chi connectivity index (χ3n) is 3.88. The number of halogens is 2. The highest BCUT2D eigenvalue weighted by Crippen LogP contribution is 2.31. The van der Waals surface area contributed by atoms with Crippen molar-refractivity contribution in [2.45, 2.75) is 11.8 Å². The number of aromatic nitrogens is 1. The monoisotopic (exact) mass is 434 g/mol. The molecule has 0 saturated carbocycles. The molecule has 1 aromatic carbocycles. The lowest BCUT2D eigenvalue weighted by Crippen LogP contribution is -2.51. The third-order valence-corrected chi connectivity index (χ3v) is 7.61. The molecule has 11 heteroatoms. The van der Waals surface area contributed by atoms with Crippen LogP contribution in [0.1, 0.15) is 5.69 Å². The maximum atomic E-state index is 12.8. The number of piperazine rings is 1. The first-order valence-corrected chi connectivity index (χ1v) is 10.8. The Kier molecular flexibility index (Phi) is 5.73. The normalized spacial score (nSPS) is 15.9. The van der Waals surface area contributed by atoms with E-state index in [9.17, 15) is 13.2 Å². The lowest BCUT2D eigenvalue weighted by molar-refractivity contribution is 0.184. The first-order chi connectivity index (χ1) is 12.3. The predicted molar refractivity (Wildman–Crippen MR) is 103 cm³/mol. The zero-order chi connectivity index (χ0) is 18.9. The lowest BCUT2D eigenvalue weighted by atomic mass is 10.4. The average molecular weight is 435 g/mol. The van der Waals surface area contributed by atoms with Gasteiger partial charge in [-0.2, -0.15) is 4.31 Å². The third kappa shape index (κ3) is 3.96. The first kappa shape index (κ1) is 19.4. The Hall–Kier alpha value is -1.39. The Balaban J connectivity index is 1.67. The van der Waals surface area contributed by atoms with Crippen LogP contribution in [0.25, 0.3) is 0 Å². The maximum absolute atomic E-state index is 12.8. The van der Waals surface area contributed by atoms with E-state index in [1.165, 1.54) is 27.8 Å². The zero-order valence-corrected chi connectivity index (χ0v) is 16.9. The van der Waals surface area contributed by atoms with E-state index in [4.69, 9.17) is 23.2 Å². The molecule has 1 aliphatic heterocycles. The highest BCUT2D eigenvalue weighted by Gasteiger charge is 2.33. The molecule has 1 aliphatic rings. The fourth-order valence-electron chi connectivity index (χ4n) is 2.57. The van der Waals surface area contributed by atoms with Crippen molar-refractivity contribution in [1.29, 1.82) is 0 Å². The van der Waals surface area contributed by atoms with Gasteiger partial charge in [0, 0.05) is 31.6 Å². The number of benzene rings is 1. The summed E-state index contributed by atoms with van der Waals surface area (Å²) in [4.78, 5) is 17.9. The van der Waals surface area contributed by atoms with Gasteiger partial charge in [-0.25, -0.2) is 18.2 Å². The molecule has 1 fully saturated rings. The molecule has 0 aliphatic carbocycles. The summed E-state index contributed by atoms with van der Waals surface area (Å²) in [6.45, 7) is 2.69. The van der Waals surface area contributed by atoms with Gasteiger partial charge in [0.1, 0.15) is 4.90 Å². The van der Waals surface area contributed by atoms with Gasteiger partial charge in [-0.1, -0.05) is 29.3 Å². The fraction of sp³-hybridized carbons (Fsp3) is 0.333. The van der Waals surface area contributed by atoms with E-state index in [-0.39, 0.29) is 47.2 Å². The number of anilines is 1. The van der Waals surface area contributed by atoms with Crippen LogP contribution in [0.15, 0.2) is 28.5 Å². The summed E-state index contributed by atoms with van der Waals surface area (Å²) < 4.78 is 26.9. The quantitative estimate of drug-likeness (QED) is 0.802. The molecular formula is C15H16Cl2N4O3S2. The van der Waals surface area contributed by atoms with Crippen molar-refractivity contribution in [2.75, 3.05) is 31.5 Å². The van der Waals surface area contributed by atoms with E-state index in [0.717, 1.165) is 5.69 Å². The molecule has 0 atom stereocenters. The molecule has 0 spiro atoms. The largest absolute Gasteiger partial charge is 0.323 e. The summed E-state index contributed by atoms with van der Waals surface area (Å²) in [7, 11) is -3.83. The molecule has 1 aromatic heterocycles. The molecule has 2 amide bonds. The van der Waals surface area contributed by atoms with Crippen molar-refractivity contribution < 1.29 is 13.2 Å². The van der Waals surface area contributed by atoms with Crippen LogP contribution in [-0.4, -0.2) is 54.8 Å². The number of carbonyl (C=O) groups is 1. The molecule has 140 valence electrons. The minimum Gasteiger partial charge on any atom is -0.322 e. The van der Waals surface area contributed by atoms with Crippen molar-refractivity contribution in [3.8, 4) is 0 Å². The molecule has 1 N–H and O–H groups in total. The molecule has 1 saturated heterocycles. The van der Waals surface area contributed by atoms with Gasteiger partial charge in [0.2, 0.25) is 10.0 Å². The van der Waals surface area contributed by atoms with Crippen molar-refractivity contribution in [2.24, 2.45) is 0 Å². The number of rotatable bonds is 3. The number of amides is 2.